The lowest BCUT2D eigenvalue weighted by molar-refractivity contribution is -0.122. The molecule has 0 spiro atoms. The number of carbonyl (C=O) groups excluding carboxylic acids is 2. The molecule has 0 atom stereocenters. The van der Waals surface area contributed by atoms with Crippen LogP contribution in [-0.4, -0.2) is 68.2 Å². The summed E-state index contributed by atoms with van der Waals surface area (Å²) in [6, 6.07) is 0. The van der Waals surface area contributed by atoms with Gasteiger partial charge in [0, 0.05) is 32.7 Å². The third-order valence-electron chi connectivity index (χ3n) is 2.62. The molecule has 1 N–H and O–H groups in total. The number of piperazine rings is 1. The highest BCUT2D eigenvalue weighted by atomic mass is 16.5. The van der Waals surface area contributed by atoms with Crippen LogP contribution >= 0.6 is 0 Å². The lowest BCUT2D eigenvalue weighted by Crippen LogP contribution is -2.51. The minimum Gasteiger partial charge on any atom is -0.453 e. The van der Waals surface area contributed by atoms with Crippen molar-refractivity contribution in [2.75, 3.05) is 46.4 Å². The Kier molecular flexibility index (Phi) is 5.48. The number of hydrogen-bond acceptors (Lipinski definition) is 4. The van der Waals surface area contributed by atoms with Gasteiger partial charge in [0.1, 0.15) is 0 Å². The third kappa shape index (κ3) is 4.44. The van der Waals surface area contributed by atoms with E-state index in [1.165, 1.54) is 7.11 Å². The molecule has 1 aliphatic rings. The molecule has 0 bridgehead atoms. The van der Waals surface area contributed by atoms with Crippen molar-refractivity contribution in [2.45, 2.75) is 0 Å². The van der Waals surface area contributed by atoms with Crippen LogP contribution in [0.25, 0.3) is 0 Å². The molecule has 1 fully saturated rings. The predicted molar refractivity (Wildman–Crippen MR) is 63.6 cm³/mol. The summed E-state index contributed by atoms with van der Waals surface area (Å²) in [5.41, 5.74) is 0. The molecule has 1 aliphatic heterocycles. The molecule has 1 heterocycles. The molecule has 6 nitrogen and oxygen atoms in total. The number of amides is 2. The summed E-state index contributed by atoms with van der Waals surface area (Å²) >= 11 is 0. The van der Waals surface area contributed by atoms with Crippen LogP contribution in [-0.2, 0) is 9.53 Å². The van der Waals surface area contributed by atoms with E-state index in [1.54, 1.807) is 11.0 Å². The van der Waals surface area contributed by atoms with Gasteiger partial charge in [-0.2, -0.15) is 0 Å². The van der Waals surface area contributed by atoms with Gasteiger partial charge in [0.15, 0.2) is 0 Å². The van der Waals surface area contributed by atoms with E-state index in [4.69, 9.17) is 0 Å². The molecule has 0 saturated carbocycles. The molecule has 0 aromatic carbocycles. The molecule has 2 amide bonds. The Morgan fingerprint density at radius 2 is 2.00 bits per heavy atom. The molecule has 96 valence electrons. The van der Waals surface area contributed by atoms with Crippen molar-refractivity contribution in [3.05, 3.63) is 12.7 Å². The lowest BCUT2D eigenvalue weighted by Gasteiger charge is -2.33. The average molecular weight is 241 g/mol. The van der Waals surface area contributed by atoms with Crippen molar-refractivity contribution < 1.29 is 14.3 Å². The molecule has 17 heavy (non-hydrogen) atoms. The van der Waals surface area contributed by atoms with Gasteiger partial charge in [-0.05, 0) is 0 Å². The summed E-state index contributed by atoms with van der Waals surface area (Å²) in [5.74, 6) is -0.0172. The van der Waals surface area contributed by atoms with Crippen LogP contribution in [0, 0.1) is 0 Å². The van der Waals surface area contributed by atoms with Crippen LogP contribution in [0.3, 0.4) is 0 Å². The molecule has 0 aromatic rings. The molecular formula is C11H19N3O3. The zero-order valence-electron chi connectivity index (χ0n) is 10.1. The second-order valence-electron chi connectivity index (χ2n) is 3.83. The highest BCUT2D eigenvalue weighted by Gasteiger charge is 2.22. The number of nitrogens with zero attached hydrogens (tertiary/aromatic N) is 2. The Bertz CT molecular complexity index is 286. The first-order valence-corrected chi connectivity index (χ1v) is 5.60. The Labute approximate surface area is 101 Å². The van der Waals surface area contributed by atoms with Crippen molar-refractivity contribution in [1.82, 2.24) is 15.1 Å². The highest BCUT2D eigenvalue weighted by molar-refractivity contribution is 5.78. The summed E-state index contributed by atoms with van der Waals surface area (Å²) in [5, 5.41) is 2.72. The van der Waals surface area contributed by atoms with E-state index in [0.29, 0.717) is 39.3 Å². The summed E-state index contributed by atoms with van der Waals surface area (Å²) < 4.78 is 4.64. The van der Waals surface area contributed by atoms with E-state index in [1.807, 2.05) is 4.90 Å². The van der Waals surface area contributed by atoms with Gasteiger partial charge in [-0.3, -0.25) is 9.69 Å². The number of methoxy groups -OCH3 is 1. The Morgan fingerprint density at radius 1 is 1.35 bits per heavy atom. The third-order valence-corrected chi connectivity index (χ3v) is 2.62. The molecule has 6 heteroatoms. The number of carbonyl (C=O) groups is 2. The van der Waals surface area contributed by atoms with Gasteiger partial charge < -0.3 is 15.0 Å². The van der Waals surface area contributed by atoms with Gasteiger partial charge in [0.25, 0.3) is 0 Å². The minimum atomic E-state index is -0.305. The largest absolute Gasteiger partial charge is 0.453 e. The normalized spacial score (nSPS) is 16.4. The van der Waals surface area contributed by atoms with Crippen LogP contribution in [0.5, 0.6) is 0 Å². The maximum Gasteiger partial charge on any atom is 0.409 e. The quantitative estimate of drug-likeness (QED) is 0.685. The Hall–Kier alpha value is -1.56. The molecule has 0 aromatic heterocycles. The second kappa shape index (κ2) is 6.90. The first-order valence-electron chi connectivity index (χ1n) is 5.60. The number of nitrogens with one attached hydrogen (secondary N) is 1. The predicted octanol–water partition coefficient (Wildman–Crippen LogP) is -0.327. The van der Waals surface area contributed by atoms with Crippen LogP contribution in [0.1, 0.15) is 0 Å². The summed E-state index contributed by atoms with van der Waals surface area (Å²) in [4.78, 5) is 26.3. The first-order chi connectivity index (χ1) is 8.17. The van der Waals surface area contributed by atoms with Crippen molar-refractivity contribution in [2.24, 2.45) is 0 Å². The van der Waals surface area contributed by atoms with Crippen LogP contribution in [0.4, 0.5) is 4.79 Å². The van der Waals surface area contributed by atoms with Gasteiger partial charge >= 0.3 is 6.09 Å². The zero-order valence-corrected chi connectivity index (χ0v) is 10.1. The van der Waals surface area contributed by atoms with Crippen molar-refractivity contribution in [3.8, 4) is 0 Å². The zero-order chi connectivity index (χ0) is 12.7. The maximum atomic E-state index is 11.4. The van der Waals surface area contributed by atoms with E-state index in [2.05, 4.69) is 16.6 Å². The van der Waals surface area contributed by atoms with Crippen molar-refractivity contribution >= 4 is 12.0 Å². The van der Waals surface area contributed by atoms with Crippen LogP contribution < -0.4 is 5.32 Å². The van der Waals surface area contributed by atoms with Gasteiger partial charge in [-0.1, -0.05) is 6.08 Å². The monoisotopic (exact) mass is 241 g/mol. The van der Waals surface area contributed by atoms with Crippen molar-refractivity contribution in [1.29, 1.82) is 0 Å². The number of ether oxygens (including phenoxy) is 1. The van der Waals surface area contributed by atoms with Gasteiger partial charge in [-0.25, -0.2) is 4.79 Å². The fourth-order valence-corrected chi connectivity index (χ4v) is 1.66. The molecule has 0 unspecified atom stereocenters. The van der Waals surface area contributed by atoms with E-state index in [9.17, 15) is 9.59 Å². The van der Waals surface area contributed by atoms with E-state index in [0.717, 1.165) is 0 Å². The minimum absolute atomic E-state index is 0.0172. The SMILES string of the molecule is C=CCNC(=O)CN1CCN(C(=O)OC)CC1. The topological polar surface area (TPSA) is 61.9 Å². The van der Waals surface area contributed by atoms with E-state index in [-0.39, 0.29) is 12.0 Å². The van der Waals surface area contributed by atoms with Gasteiger partial charge in [-0.15, -0.1) is 6.58 Å². The van der Waals surface area contributed by atoms with Crippen molar-refractivity contribution in [3.63, 3.8) is 0 Å². The highest BCUT2D eigenvalue weighted by Crippen LogP contribution is 2.02. The van der Waals surface area contributed by atoms with E-state index >= 15 is 0 Å². The Balaban J connectivity index is 2.25. The standard InChI is InChI=1S/C11H19N3O3/c1-3-4-12-10(15)9-13-5-7-14(8-6-13)11(16)17-2/h3H,1,4-9H2,2H3,(H,12,15). The fraction of sp³-hybridized carbons (Fsp3) is 0.636. The second-order valence-corrected chi connectivity index (χ2v) is 3.83. The Morgan fingerprint density at radius 3 is 2.53 bits per heavy atom. The molecule has 1 saturated heterocycles. The molecule has 0 radical (unpaired) electrons. The smallest absolute Gasteiger partial charge is 0.409 e. The molecule has 0 aliphatic carbocycles. The summed E-state index contributed by atoms with van der Waals surface area (Å²) in [7, 11) is 1.37. The van der Waals surface area contributed by atoms with Crippen LogP contribution in [0.2, 0.25) is 0 Å². The van der Waals surface area contributed by atoms with E-state index < -0.39 is 0 Å². The summed E-state index contributed by atoms with van der Waals surface area (Å²) in [6.45, 7) is 6.96. The van der Waals surface area contributed by atoms with Gasteiger partial charge in [0.2, 0.25) is 5.91 Å². The lowest BCUT2D eigenvalue weighted by atomic mass is 10.3. The average Bonchev–Trinajstić information content (AvgIpc) is 2.36. The molecule has 1 rings (SSSR count). The van der Waals surface area contributed by atoms with Crippen LogP contribution in [0.15, 0.2) is 12.7 Å². The molecular weight excluding hydrogens is 222 g/mol. The fourth-order valence-electron chi connectivity index (χ4n) is 1.66. The van der Waals surface area contributed by atoms with Gasteiger partial charge in [0.05, 0.1) is 13.7 Å². The number of rotatable bonds is 4. The number of hydrogen-bond donors (Lipinski definition) is 1. The first kappa shape index (κ1) is 13.5. The maximum absolute atomic E-state index is 11.4. The summed E-state index contributed by atoms with van der Waals surface area (Å²) in [6.07, 6.45) is 1.34.